The van der Waals surface area contributed by atoms with Gasteiger partial charge in [-0.05, 0) is 41.0 Å². The van der Waals surface area contributed by atoms with Gasteiger partial charge in [-0.15, -0.1) is 0 Å². The summed E-state index contributed by atoms with van der Waals surface area (Å²) in [6, 6.07) is 15.4. The molecule has 4 aromatic rings. The maximum absolute atomic E-state index is 13.2. The summed E-state index contributed by atoms with van der Waals surface area (Å²) in [6.07, 6.45) is -9.67. The number of hydrogen-bond acceptors (Lipinski definition) is 4. The zero-order valence-corrected chi connectivity index (χ0v) is 19.6. The minimum atomic E-state index is -5.03. The summed E-state index contributed by atoms with van der Waals surface area (Å²) in [5, 5.41) is 14.2. The Morgan fingerprint density at radius 2 is 1.50 bits per heavy atom. The van der Waals surface area contributed by atoms with Gasteiger partial charge in [-0.25, -0.2) is 0 Å². The highest BCUT2D eigenvalue weighted by Gasteiger charge is 2.37. The number of aliphatic hydroxyl groups is 1. The van der Waals surface area contributed by atoms with Gasteiger partial charge >= 0.3 is 18.3 Å². The number of hydrogen-bond donors (Lipinski definition) is 3. The standard InChI is InChI=1S/C27H22F6N2O3/c28-26(29,30)19-10-16(11-20(13-19)27(31,32)33)15-38-25(37)23(35-24(36)17-6-2-1-3-7-17)12-18-14-34-22-9-5-4-8-21(18)22/h1-11,13-14,23-24,34-36H,12,15H2. The summed E-state index contributed by atoms with van der Waals surface area (Å²) in [6.45, 7) is -0.834. The van der Waals surface area contributed by atoms with Crippen molar-refractivity contribution >= 4 is 16.9 Å². The van der Waals surface area contributed by atoms with Crippen LogP contribution in [0.3, 0.4) is 0 Å². The van der Waals surface area contributed by atoms with E-state index in [1.165, 1.54) is 0 Å². The third-order valence-corrected chi connectivity index (χ3v) is 5.89. The van der Waals surface area contributed by atoms with Gasteiger partial charge in [-0.3, -0.25) is 10.1 Å². The van der Waals surface area contributed by atoms with Crippen LogP contribution in [0.4, 0.5) is 26.3 Å². The molecular weight excluding hydrogens is 514 g/mol. The maximum atomic E-state index is 13.2. The third-order valence-electron chi connectivity index (χ3n) is 5.89. The molecule has 1 aromatic heterocycles. The van der Waals surface area contributed by atoms with E-state index in [2.05, 4.69) is 10.3 Å². The van der Waals surface area contributed by atoms with Crippen molar-refractivity contribution < 1.29 is 41.0 Å². The minimum absolute atomic E-state index is 0.00289. The monoisotopic (exact) mass is 536 g/mol. The second-order valence-electron chi connectivity index (χ2n) is 8.62. The molecule has 2 unspecified atom stereocenters. The van der Waals surface area contributed by atoms with Crippen molar-refractivity contribution in [1.29, 1.82) is 0 Å². The number of rotatable bonds is 8. The first-order valence-corrected chi connectivity index (χ1v) is 11.4. The molecule has 4 rings (SSSR count). The lowest BCUT2D eigenvalue weighted by molar-refractivity contribution is -0.148. The normalized spacial score (nSPS) is 13.9. The molecule has 0 spiro atoms. The summed E-state index contributed by atoms with van der Waals surface area (Å²) in [5.74, 6) is -0.962. The van der Waals surface area contributed by atoms with Crippen molar-refractivity contribution in [3.63, 3.8) is 0 Å². The van der Waals surface area contributed by atoms with Crippen LogP contribution in [0.2, 0.25) is 0 Å². The predicted octanol–water partition coefficient (Wildman–Crippen LogP) is 6.14. The first-order valence-electron chi connectivity index (χ1n) is 11.4. The van der Waals surface area contributed by atoms with E-state index in [1.807, 2.05) is 18.2 Å². The first-order chi connectivity index (χ1) is 17.9. The van der Waals surface area contributed by atoms with Crippen LogP contribution in [0.15, 0.2) is 79.0 Å². The van der Waals surface area contributed by atoms with Gasteiger partial charge in [0.2, 0.25) is 0 Å². The number of fused-ring (bicyclic) bond motifs is 1. The van der Waals surface area contributed by atoms with Crippen LogP contribution in [0.25, 0.3) is 10.9 Å². The Labute approximate surface area is 213 Å². The molecule has 38 heavy (non-hydrogen) atoms. The number of nitrogens with one attached hydrogen (secondary N) is 2. The highest BCUT2D eigenvalue weighted by Crippen LogP contribution is 2.36. The molecule has 0 bridgehead atoms. The fraction of sp³-hybridized carbons (Fsp3) is 0.222. The van der Waals surface area contributed by atoms with Gasteiger partial charge in [0.1, 0.15) is 18.9 Å². The molecule has 5 nitrogen and oxygen atoms in total. The first kappa shape index (κ1) is 27.2. The molecule has 0 amide bonds. The Kier molecular flexibility index (Phi) is 7.79. The summed E-state index contributed by atoms with van der Waals surface area (Å²) in [4.78, 5) is 16.1. The highest BCUT2D eigenvalue weighted by atomic mass is 19.4. The SMILES string of the molecule is O=C(OCc1cc(C(F)(F)F)cc(C(F)(F)F)c1)C(Cc1c[nH]c2ccccc12)NC(O)c1ccccc1. The maximum Gasteiger partial charge on any atom is 0.416 e. The molecule has 11 heteroatoms. The quantitative estimate of drug-likeness (QED) is 0.144. The number of carbonyl (C=O) groups excluding carboxylic acids is 1. The fourth-order valence-electron chi connectivity index (χ4n) is 4.01. The molecule has 0 aliphatic carbocycles. The number of benzene rings is 3. The van der Waals surface area contributed by atoms with Gasteiger partial charge in [0.15, 0.2) is 0 Å². The van der Waals surface area contributed by atoms with Crippen LogP contribution >= 0.6 is 0 Å². The Balaban J connectivity index is 1.58. The number of aromatic nitrogens is 1. The van der Waals surface area contributed by atoms with Gasteiger partial charge < -0.3 is 14.8 Å². The van der Waals surface area contributed by atoms with Gasteiger partial charge in [0.25, 0.3) is 0 Å². The molecule has 2 atom stereocenters. The van der Waals surface area contributed by atoms with E-state index >= 15 is 0 Å². The molecule has 0 saturated carbocycles. The predicted molar refractivity (Wildman–Crippen MR) is 127 cm³/mol. The largest absolute Gasteiger partial charge is 0.460 e. The lowest BCUT2D eigenvalue weighted by Gasteiger charge is -2.22. The van der Waals surface area contributed by atoms with E-state index in [-0.39, 0.29) is 12.5 Å². The van der Waals surface area contributed by atoms with E-state index in [0.717, 1.165) is 10.9 Å². The van der Waals surface area contributed by atoms with Crippen molar-refractivity contribution in [2.24, 2.45) is 0 Å². The number of H-pyrrole nitrogens is 1. The summed E-state index contributed by atoms with van der Waals surface area (Å²) < 4.78 is 84.3. The van der Waals surface area contributed by atoms with Crippen molar-refractivity contribution in [2.75, 3.05) is 0 Å². The van der Waals surface area contributed by atoms with Crippen molar-refractivity contribution in [1.82, 2.24) is 10.3 Å². The molecule has 0 fully saturated rings. The number of carbonyl (C=O) groups is 1. The highest BCUT2D eigenvalue weighted by molar-refractivity contribution is 5.84. The van der Waals surface area contributed by atoms with Crippen LogP contribution in [0.1, 0.15) is 34.0 Å². The van der Waals surface area contributed by atoms with Crippen LogP contribution < -0.4 is 5.32 Å². The molecule has 0 saturated heterocycles. The molecule has 3 N–H and O–H groups in total. The number of halogens is 6. The molecule has 0 aliphatic heterocycles. The van der Waals surface area contributed by atoms with E-state index < -0.39 is 53.9 Å². The topological polar surface area (TPSA) is 74.4 Å². The van der Waals surface area contributed by atoms with Gasteiger partial charge in [0.05, 0.1) is 11.1 Å². The second-order valence-corrected chi connectivity index (χ2v) is 8.62. The number of ether oxygens (including phenoxy) is 1. The summed E-state index contributed by atoms with van der Waals surface area (Å²) in [7, 11) is 0. The van der Waals surface area contributed by atoms with Crippen LogP contribution in [0.5, 0.6) is 0 Å². The Morgan fingerprint density at radius 3 is 2.13 bits per heavy atom. The van der Waals surface area contributed by atoms with Crippen molar-refractivity contribution in [3.8, 4) is 0 Å². The van der Waals surface area contributed by atoms with Gasteiger partial charge in [-0.2, -0.15) is 26.3 Å². The Bertz CT molecular complexity index is 1370. The molecule has 3 aromatic carbocycles. The fourth-order valence-corrected chi connectivity index (χ4v) is 4.01. The smallest absolute Gasteiger partial charge is 0.416 e. The Morgan fingerprint density at radius 1 is 0.895 bits per heavy atom. The molecule has 1 heterocycles. The zero-order chi connectivity index (χ0) is 27.5. The zero-order valence-electron chi connectivity index (χ0n) is 19.6. The van der Waals surface area contributed by atoms with E-state index in [4.69, 9.17) is 4.74 Å². The van der Waals surface area contributed by atoms with Crippen LogP contribution in [-0.2, 0) is 34.9 Å². The number of aliphatic hydroxyl groups excluding tert-OH is 1. The van der Waals surface area contributed by atoms with Crippen LogP contribution in [0, 0.1) is 0 Å². The van der Waals surface area contributed by atoms with E-state index in [9.17, 15) is 36.2 Å². The van der Waals surface area contributed by atoms with Crippen molar-refractivity contribution in [2.45, 2.75) is 37.7 Å². The number of alkyl halides is 6. The van der Waals surface area contributed by atoms with E-state index in [1.54, 1.807) is 42.6 Å². The average Bonchev–Trinajstić information content (AvgIpc) is 3.29. The summed E-state index contributed by atoms with van der Waals surface area (Å²) in [5.41, 5.74) is -1.57. The third kappa shape index (κ3) is 6.53. The number of esters is 1. The second kappa shape index (κ2) is 10.9. The van der Waals surface area contributed by atoms with E-state index in [0.29, 0.717) is 23.3 Å². The molecule has 0 radical (unpaired) electrons. The molecule has 0 aliphatic rings. The molecular formula is C27H22F6N2O3. The minimum Gasteiger partial charge on any atom is -0.460 e. The van der Waals surface area contributed by atoms with Crippen molar-refractivity contribution in [3.05, 3.63) is 107 Å². The molecule has 200 valence electrons. The van der Waals surface area contributed by atoms with Gasteiger partial charge in [0, 0.05) is 23.5 Å². The average molecular weight is 536 g/mol. The number of aromatic amines is 1. The van der Waals surface area contributed by atoms with Gasteiger partial charge in [-0.1, -0.05) is 48.5 Å². The summed E-state index contributed by atoms with van der Waals surface area (Å²) >= 11 is 0. The van der Waals surface area contributed by atoms with Crippen LogP contribution in [-0.4, -0.2) is 22.1 Å². The lowest BCUT2D eigenvalue weighted by atomic mass is 10.0. The lowest BCUT2D eigenvalue weighted by Crippen LogP contribution is -2.42. The number of para-hydroxylation sites is 1. The Hall–Kier alpha value is -3.83.